The number of rotatable bonds is 2. The van der Waals surface area contributed by atoms with Crippen LogP contribution in [0.15, 0.2) is 24.3 Å². The molecular weight excluding hydrogens is 263 g/mol. The van der Waals surface area contributed by atoms with E-state index in [0.717, 1.165) is 9.13 Å². The lowest BCUT2D eigenvalue weighted by Gasteiger charge is -2.12. The van der Waals surface area contributed by atoms with Gasteiger partial charge in [-0.1, -0.05) is 26.0 Å². The van der Waals surface area contributed by atoms with Crippen molar-refractivity contribution in [2.75, 3.05) is 0 Å². The van der Waals surface area contributed by atoms with Crippen molar-refractivity contribution >= 4 is 22.6 Å². The summed E-state index contributed by atoms with van der Waals surface area (Å²) >= 11 is 2.22. The molecule has 1 aromatic rings. The molecule has 1 atom stereocenters. The van der Waals surface area contributed by atoms with Crippen molar-refractivity contribution in [1.29, 1.82) is 0 Å². The quantitative estimate of drug-likeness (QED) is 0.737. The van der Waals surface area contributed by atoms with Crippen LogP contribution < -0.4 is 0 Å². The van der Waals surface area contributed by atoms with Gasteiger partial charge in [0.1, 0.15) is 6.10 Å². The minimum atomic E-state index is -0.584. The molecule has 1 nitrogen and oxygen atoms in total. The van der Waals surface area contributed by atoms with Crippen molar-refractivity contribution in [2.24, 2.45) is 5.92 Å². The lowest BCUT2D eigenvalue weighted by Crippen LogP contribution is -2.03. The van der Waals surface area contributed by atoms with Crippen LogP contribution in [0.4, 0.5) is 0 Å². The van der Waals surface area contributed by atoms with Gasteiger partial charge >= 0.3 is 0 Å². The van der Waals surface area contributed by atoms with E-state index in [-0.39, 0.29) is 5.92 Å². The van der Waals surface area contributed by atoms with Crippen LogP contribution in [-0.4, -0.2) is 0 Å². The highest BCUT2D eigenvalue weighted by atomic mass is 127. The summed E-state index contributed by atoms with van der Waals surface area (Å²) in [5, 5.41) is 11.6. The van der Waals surface area contributed by atoms with E-state index >= 15 is 0 Å². The monoisotopic (exact) mass is 275 g/mol. The Bertz CT molecular complexity index is 258. The molecule has 0 saturated heterocycles. The standard InChI is InChI=1S/C10H12IO/c1-7(2)10(12)8-4-3-5-9(11)6-8/h3-7,10H,1-2H3. The second kappa shape index (κ2) is 4.23. The van der Waals surface area contributed by atoms with Gasteiger partial charge in [-0.3, -0.25) is 0 Å². The zero-order valence-corrected chi connectivity index (χ0v) is 9.41. The average Bonchev–Trinajstić information content (AvgIpc) is 2.03. The molecular formula is C10H12IO. The largest absolute Gasteiger partial charge is 0.228 e. The highest BCUT2D eigenvalue weighted by Gasteiger charge is 2.13. The van der Waals surface area contributed by atoms with Gasteiger partial charge in [-0.05, 0) is 46.2 Å². The normalized spacial score (nSPS) is 13.4. The van der Waals surface area contributed by atoms with Crippen LogP contribution in [0.2, 0.25) is 0 Å². The Kier molecular flexibility index (Phi) is 3.53. The maximum absolute atomic E-state index is 11.6. The minimum Gasteiger partial charge on any atom is -0.228 e. The fourth-order valence-corrected chi connectivity index (χ4v) is 1.64. The van der Waals surface area contributed by atoms with Crippen molar-refractivity contribution in [3.05, 3.63) is 33.4 Å². The SMILES string of the molecule is CC(C)C([O])c1cccc(I)c1. The van der Waals surface area contributed by atoms with Crippen LogP contribution >= 0.6 is 22.6 Å². The molecule has 1 radical (unpaired) electrons. The molecule has 0 bridgehead atoms. The highest BCUT2D eigenvalue weighted by Crippen LogP contribution is 2.22. The third-order valence-electron chi connectivity index (χ3n) is 1.78. The van der Waals surface area contributed by atoms with E-state index in [0.29, 0.717) is 0 Å². The van der Waals surface area contributed by atoms with Crippen molar-refractivity contribution in [2.45, 2.75) is 20.0 Å². The predicted molar refractivity (Wildman–Crippen MR) is 57.4 cm³/mol. The summed E-state index contributed by atoms with van der Waals surface area (Å²) in [6.07, 6.45) is -0.584. The van der Waals surface area contributed by atoms with E-state index in [1.54, 1.807) is 0 Å². The minimum absolute atomic E-state index is 0.170. The molecule has 1 aromatic carbocycles. The first kappa shape index (κ1) is 9.99. The number of benzene rings is 1. The molecule has 1 rings (SSSR count). The molecule has 1 unspecified atom stereocenters. The Morgan fingerprint density at radius 1 is 1.33 bits per heavy atom. The van der Waals surface area contributed by atoms with Gasteiger partial charge < -0.3 is 0 Å². The van der Waals surface area contributed by atoms with Crippen molar-refractivity contribution in [3.63, 3.8) is 0 Å². The summed E-state index contributed by atoms with van der Waals surface area (Å²) in [6.45, 7) is 3.91. The fourth-order valence-electron chi connectivity index (χ4n) is 1.07. The Morgan fingerprint density at radius 3 is 2.50 bits per heavy atom. The molecule has 0 aliphatic rings. The Hall–Kier alpha value is -0.0900. The van der Waals surface area contributed by atoms with E-state index in [1.807, 2.05) is 38.1 Å². The summed E-state index contributed by atoms with van der Waals surface area (Å²) in [4.78, 5) is 0. The van der Waals surface area contributed by atoms with Crippen LogP contribution in [0.3, 0.4) is 0 Å². The lowest BCUT2D eigenvalue weighted by molar-refractivity contribution is 0.0487. The molecule has 0 aromatic heterocycles. The van der Waals surface area contributed by atoms with E-state index in [1.165, 1.54) is 0 Å². The topological polar surface area (TPSA) is 19.9 Å². The third kappa shape index (κ3) is 2.45. The molecule has 0 amide bonds. The van der Waals surface area contributed by atoms with Crippen LogP contribution in [0, 0.1) is 9.49 Å². The Morgan fingerprint density at radius 2 is 2.00 bits per heavy atom. The molecule has 0 aliphatic heterocycles. The van der Waals surface area contributed by atoms with E-state index < -0.39 is 6.10 Å². The van der Waals surface area contributed by atoms with Gasteiger partial charge in [-0.25, -0.2) is 5.11 Å². The third-order valence-corrected chi connectivity index (χ3v) is 2.45. The number of hydrogen-bond donors (Lipinski definition) is 0. The van der Waals surface area contributed by atoms with Crippen LogP contribution in [0.25, 0.3) is 0 Å². The highest BCUT2D eigenvalue weighted by molar-refractivity contribution is 14.1. The van der Waals surface area contributed by atoms with Crippen LogP contribution in [-0.2, 0) is 5.11 Å². The summed E-state index contributed by atoms with van der Waals surface area (Å²) < 4.78 is 1.13. The van der Waals surface area contributed by atoms with E-state index in [4.69, 9.17) is 0 Å². The van der Waals surface area contributed by atoms with Gasteiger partial charge in [-0.2, -0.15) is 0 Å². The first-order valence-electron chi connectivity index (χ1n) is 4.02. The lowest BCUT2D eigenvalue weighted by atomic mass is 10.00. The second-order valence-corrected chi connectivity index (χ2v) is 4.47. The van der Waals surface area contributed by atoms with Gasteiger partial charge in [0, 0.05) is 3.57 Å². The molecule has 12 heavy (non-hydrogen) atoms. The molecule has 0 heterocycles. The van der Waals surface area contributed by atoms with E-state index in [9.17, 15) is 5.11 Å². The average molecular weight is 275 g/mol. The Labute approximate surface area is 86.9 Å². The first-order chi connectivity index (χ1) is 5.61. The fraction of sp³-hybridized carbons (Fsp3) is 0.400. The predicted octanol–water partition coefficient (Wildman–Crippen LogP) is 3.42. The van der Waals surface area contributed by atoms with Crippen LogP contribution in [0.5, 0.6) is 0 Å². The van der Waals surface area contributed by atoms with Crippen LogP contribution in [0.1, 0.15) is 25.5 Å². The molecule has 0 spiro atoms. The smallest absolute Gasteiger partial charge is 0.120 e. The van der Waals surface area contributed by atoms with Crippen molar-refractivity contribution in [1.82, 2.24) is 0 Å². The Balaban J connectivity index is 2.88. The first-order valence-corrected chi connectivity index (χ1v) is 5.10. The van der Waals surface area contributed by atoms with Gasteiger partial charge in [0.25, 0.3) is 0 Å². The summed E-state index contributed by atoms with van der Waals surface area (Å²) in [6, 6.07) is 7.79. The van der Waals surface area contributed by atoms with E-state index in [2.05, 4.69) is 22.6 Å². The van der Waals surface area contributed by atoms with Crippen molar-refractivity contribution in [3.8, 4) is 0 Å². The van der Waals surface area contributed by atoms with Gasteiger partial charge in [-0.15, -0.1) is 0 Å². The second-order valence-electron chi connectivity index (χ2n) is 3.22. The summed E-state index contributed by atoms with van der Waals surface area (Å²) in [5.41, 5.74) is 0.900. The summed E-state index contributed by atoms with van der Waals surface area (Å²) in [7, 11) is 0. The van der Waals surface area contributed by atoms with Gasteiger partial charge in [0.05, 0.1) is 0 Å². The molecule has 0 aliphatic carbocycles. The van der Waals surface area contributed by atoms with Gasteiger partial charge in [0.2, 0.25) is 0 Å². The number of hydrogen-bond acceptors (Lipinski definition) is 0. The number of halogens is 1. The van der Waals surface area contributed by atoms with Gasteiger partial charge in [0.15, 0.2) is 0 Å². The molecule has 65 valence electrons. The molecule has 0 N–H and O–H groups in total. The maximum atomic E-state index is 11.6. The molecule has 0 fully saturated rings. The zero-order valence-electron chi connectivity index (χ0n) is 7.25. The van der Waals surface area contributed by atoms with Crippen molar-refractivity contribution < 1.29 is 5.11 Å². The molecule has 0 saturated carbocycles. The summed E-state index contributed by atoms with van der Waals surface area (Å²) in [5.74, 6) is 0.170. The molecule has 2 heteroatoms. The zero-order chi connectivity index (χ0) is 9.14. The maximum Gasteiger partial charge on any atom is 0.120 e.